The zero-order valence-corrected chi connectivity index (χ0v) is 12.1. The third-order valence-corrected chi connectivity index (χ3v) is 4.29. The van der Waals surface area contributed by atoms with Gasteiger partial charge in [-0.3, -0.25) is 0 Å². The molecule has 1 heterocycles. The summed E-state index contributed by atoms with van der Waals surface area (Å²) in [5, 5.41) is 13.6. The van der Waals surface area contributed by atoms with Crippen LogP contribution in [-0.4, -0.2) is 36.3 Å². The van der Waals surface area contributed by atoms with Crippen molar-refractivity contribution in [2.24, 2.45) is 4.99 Å². The van der Waals surface area contributed by atoms with Crippen molar-refractivity contribution in [3.63, 3.8) is 0 Å². The van der Waals surface area contributed by atoms with Crippen molar-refractivity contribution >= 4 is 11.6 Å². The van der Waals surface area contributed by atoms with E-state index in [0.717, 1.165) is 44.7 Å². The molecule has 1 aliphatic heterocycles. The first kappa shape index (κ1) is 13.4. The minimum absolute atomic E-state index is 0.508. The van der Waals surface area contributed by atoms with E-state index in [9.17, 15) is 5.11 Å². The van der Waals surface area contributed by atoms with Gasteiger partial charge in [0, 0.05) is 18.8 Å². The topological polar surface area (TPSA) is 47.9 Å². The molecule has 0 aromatic heterocycles. The predicted octanol–water partition coefficient (Wildman–Crippen LogP) is 1.93. The molecule has 0 atom stereocenters. The fraction of sp³-hybridized carbons (Fsp3) is 0.562. The van der Waals surface area contributed by atoms with Crippen LogP contribution in [0.4, 0.5) is 5.69 Å². The molecule has 1 aliphatic carbocycles. The molecule has 0 radical (unpaired) electrons. The number of hydrogen-bond acceptors (Lipinski definition) is 2. The first-order valence-electron chi connectivity index (χ1n) is 7.58. The van der Waals surface area contributed by atoms with Gasteiger partial charge in [0.2, 0.25) is 0 Å². The molecule has 3 rings (SSSR count). The Kier molecular flexibility index (Phi) is 3.66. The first-order valence-corrected chi connectivity index (χ1v) is 7.58. The lowest BCUT2D eigenvalue weighted by atomic mass is 9.80. The van der Waals surface area contributed by atoms with Crippen molar-refractivity contribution < 1.29 is 5.11 Å². The number of rotatable bonds is 3. The summed E-state index contributed by atoms with van der Waals surface area (Å²) >= 11 is 0. The summed E-state index contributed by atoms with van der Waals surface area (Å²) in [4.78, 5) is 6.91. The molecule has 0 spiro atoms. The molecule has 2 N–H and O–H groups in total. The van der Waals surface area contributed by atoms with Crippen molar-refractivity contribution in [1.29, 1.82) is 0 Å². The standard InChI is InChI=1S/C16H23N3O/c1-2-17-15(18-12-16(20)9-5-10-16)19-11-8-13-6-3-4-7-14(13)19/h3-4,6-7,20H,2,5,8-12H2,1H3,(H,17,18). The van der Waals surface area contributed by atoms with E-state index in [2.05, 4.69) is 46.4 Å². The molecular formula is C16H23N3O. The van der Waals surface area contributed by atoms with Gasteiger partial charge in [0.25, 0.3) is 0 Å². The van der Waals surface area contributed by atoms with Crippen LogP contribution in [0, 0.1) is 0 Å². The molecule has 108 valence electrons. The summed E-state index contributed by atoms with van der Waals surface area (Å²) in [6.45, 7) is 4.39. The number of aliphatic hydroxyl groups is 1. The van der Waals surface area contributed by atoms with E-state index in [-0.39, 0.29) is 0 Å². The third kappa shape index (κ3) is 2.52. The second-order valence-electron chi connectivity index (χ2n) is 5.78. The normalized spacial score (nSPS) is 20.5. The Bertz CT molecular complexity index is 508. The van der Waals surface area contributed by atoms with Gasteiger partial charge in [0.15, 0.2) is 5.96 Å². The molecule has 0 saturated heterocycles. The maximum Gasteiger partial charge on any atom is 0.198 e. The number of benzene rings is 1. The van der Waals surface area contributed by atoms with E-state index in [1.807, 2.05) is 0 Å². The monoisotopic (exact) mass is 273 g/mol. The van der Waals surface area contributed by atoms with Gasteiger partial charge >= 0.3 is 0 Å². The Labute approximate surface area is 120 Å². The number of nitrogens with one attached hydrogen (secondary N) is 1. The third-order valence-electron chi connectivity index (χ3n) is 4.29. The van der Waals surface area contributed by atoms with Gasteiger partial charge in [0.05, 0.1) is 12.1 Å². The number of para-hydroxylation sites is 1. The highest BCUT2D eigenvalue weighted by Crippen LogP contribution is 2.32. The van der Waals surface area contributed by atoms with Gasteiger partial charge in [-0.2, -0.15) is 0 Å². The quantitative estimate of drug-likeness (QED) is 0.653. The molecule has 4 nitrogen and oxygen atoms in total. The smallest absolute Gasteiger partial charge is 0.198 e. The summed E-state index contributed by atoms with van der Waals surface area (Å²) < 4.78 is 0. The predicted molar refractivity (Wildman–Crippen MR) is 82.3 cm³/mol. The Balaban J connectivity index is 1.79. The minimum atomic E-state index is -0.556. The second kappa shape index (κ2) is 5.44. The van der Waals surface area contributed by atoms with Gasteiger partial charge in [-0.25, -0.2) is 4.99 Å². The molecule has 0 unspecified atom stereocenters. The second-order valence-corrected chi connectivity index (χ2v) is 5.78. The van der Waals surface area contributed by atoms with Crippen LogP contribution in [0.25, 0.3) is 0 Å². The van der Waals surface area contributed by atoms with E-state index in [0.29, 0.717) is 6.54 Å². The first-order chi connectivity index (χ1) is 9.72. The number of aliphatic imine (C=N–C) groups is 1. The molecule has 1 fully saturated rings. The Morgan fingerprint density at radius 1 is 1.40 bits per heavy atom. The molecule has 2 aliphatic rings. The van der Waals surface area contributed by atoms with Gasteiger partial charge in [-0.1, -0.05) is 18.2 Å². The van der Waals surface area contributed by atoms with Crippen LogP contribution < -0.4 is 10.2 Å². The average molecular weight is 273 g/mol. The number of hydrogen-bond donors (Lipinski definition) is 2. The summed E-state index contributed by atoms with van der Waals surface area (Å²) in [5.41, 5.74) is 2.06. The van der Waals surface area contributed by atoms with Gasteiger partial charge < -0.3 is 15.3 Å². The molecule has 0 bridgehead atoms. The van der Waals surface area contributed by atoms with Crippen molar-refractivity contribution in [3.8, 4) is 0 Å². The maximum absolute atomic E-state index is 10.2. The molecule has 1 aromatic carbocycles. The van der Waals surface area contributed by atoms with Crippen molar-refractivity contribution in [2.75, 3.05) is 24.5 Å². The van der Waals surface area contributed by atoms with Gasteiger partial charge in [-0.15, -0.1) is 0 Å². The number of fused-ring (bicyclic) bond motifs is 1. The summed E-state index contributed by atoms with van der Waals surface area (Å²) in [6.07, 6.45) is 3.94. The number of anilines is 1. The summed E-state index contributed by atoms with van der Waals surface area (Å²) in [7, 11) is 0. The van der Waals surface area contributed by atoms with Crippen LogP contribution in [-0.2, 0) is 6.42 Å². The van der Waals surface area contributed by atoms with Crippen LogP contribution >= 0.6 is 0 Å². The average Bonchev–Trinajstić information content (AvgIpc) is 2.85. The number of nitrogens with zero attached hydrogens (tertiary/aromatic N) is 2. The lowest BCUT2D eigenvalue weighted by Gasteiger charge is -2.35. The van der Waals surface area contributed by atoms with Crippen LogP contribution in [0.3, 0.4) is 0 Å². The van der Waals surface area contributed by atoms with Crippen LogP contribution in [0.15, 0.2) is 29.3 Å². The lowest BCUT2D eigenvalue weighted by molar-refractivity contribution is -0.0235. The lowest BCUT2D eigenvalue weighted by Crippen LogP contribution is -2.44. The van der Waals surface area contributed by atoms with Crippen molar-refractivity contribution in [3.05, 3.63) is 29.8 Å². The molecule has 1 saturated carbocycles. The highest BCUT2D eigenvalue weighted by molar-refractivity contribution is 5.98. The Morgan fingerprint density at radius 3 is 2.90 bits per heavy atom. The van der Waals surface area contributed by atoms with Crippen LogP contribution in [0.2, 0.25) is 0 Å². The van der Waals surface area contributed by atoms with E-state index >= 15 is 0 Å². The highest BCUT2D eigenvalue weighted by Gasteiger charge is 2.34. The van der Waals surface area contributed by atoms with E-state index in [1.165, 1.54) is 11.3 Å². The summed E-state index contributed by atoms with van der Waals surface area (Å²) in [6, 6.07) is 8.48. The molecular weight excluding hydrogens is 250 g/mol. The largest absolute Gasteiger partial charge is 0.388 e. The van der Waals surface area contributed by atoms with Crippen molar-refractivity contribution in [2.45, 2.75) is 38.2 Å². The summed E-state index contributed by atoms with van der Waals surface area (Å²) in [5.74, 6) is 0.901. The Morgan fingerprint density at radius 2 is 2.20 bits per heavy atom. The highest BCUT2D eigenvalue weighted by atomic mass is 16.3. The van der Waals surface area contributed by atoms with Crippen LogP contribution in [0.5, 0.6) is 0 Å². The van der Waals surface area contributed by atoms with Gasteiger partial charge in [0.1, 0.15) is 0 Å². The van der Waals surface area contributed by atoms with E-state index in [4.69, 9.17) is 0 Å². The maximum atomic E-state index is 10.2. The van der Waals surface area contributed by atoms with E-state index in [1.54, 1.807) is 0 Å². The zero-order chi connectivity index (χ0) is 14.0. The molecule has 0 amide bonds. The Hall–Kier alpha value is -1.55. The minimum Gasteiger partial charge on any atom is -0.388 e. The fourth-order valence-electron chi connectivity index (χ4n) is 2.92. The SMILES string of the molecule is CCNC(=NCC1(O)CCC1)N1CCc2ccccc21. The van der Waals surface area contributed by atoms with E-state index < -0.39 is 5.60 Å². The molecule has 20 heavy (non-hydrogen) atoms. The number of guanidine groups is 1. The molecule has 1 aromatic rings. The zero-order valence-electron chi connectivity index (χ0n) is 12.1. The fourth-order valence-corrected chi connectivity index (χ4v) is 2.92. The van der Waals surface area contributed by atoms with Gasteiger partial charge in [-0.05, 0) is 44.2 Å². The molecule has 4 heteroatoms. The van der Waals surface area contributed by atoms with Crippen LogP contribution in [0.1, 0.15) is 31.7 Å². The van der Waals surface area contributed by atoms with Crippen molar-refractivity contribution in [1.82, 2.24) is 5.32 Å².